The van der Waals surface area contributed by atoms with Crippen molar-refractivity contribution in [3.63, 3.8) is 0 Å². The second-order valence-electron chi connectivity index (χ2n) is 8.08. The van der Waals surface area contributed by atoms with E-state index in [1.54, 1.807) is 23.5 Å². The summed E-state index contributed by atoms with van der Waals surface area (Å²) < 4.78 is 18.3. The number of thiocarbonyl (C=S) groups is 1. The normalized spacial score (nSPS) is 10.7. The molecule has 0 unspecified atom stereocenters. The summed E-state index contributed by atoms with van der Waals surface area (Å²) in [6.07, 6.45) is 0. The van der Waals surface area contributed by atoms with Gasteiger partial charge in [-0.2, -0.15) is 0 Å². The molecule has 0 aliphatic carbocycles. The van der Waals surface area contributed by atoms with Gasteiger partial charge in [-0.1, -0.05) is 6.07 Å². The van der Waals surface area contributed by atoms with Crippen LogP contribution in [0.2, 0.25) is 0 Å². The Kier molecular flexibility index (Phi) is 8.58. The van der Waals surface area contributed by atoms with Gasteiger partial charge in [-0.05, 0) is 94.0 Å². The number of amides is 1. The van der Waals surface area contributed by atoms with Crippen LogP contribution in [0.5, 0.6) is 17.2 Å². The number of ether oxygens (including phenoxy) is 3. The molecule has 0 spiro atoms. The first kappa shape index (κ1) is 26.4. The highest BCUT2D eigenvalue weighted by atomic mass is 32.1. The van der Waals surface area contributed by atoms with E-state index in [1.165, 1.54) is 5.56 Å². The van der Waals surface area contributed by atoms with Crippen LogP contribution in [0.4, 0.5) is 5.69 Å². The number of thiazole rings is 1. The van der Waals surface area contributed by atoms with E-state index >= 15 is 0 Å². The summed E-state index contributed by atoms with van der Waals surface area (Å²) in [5.74, 6) is 0.982. The molecule has 0 bridgehead atoms. The third kappa shape index (κ3) is 6.36. The highest BCUT2D eigenvalue weighted by molar-refractivity contribution is 7.80. The second-order valence-corrected chi connectivity index (χ2v) is 9.52. The molecule has 2 N–H and O–H groups in total. The average molecular weight is 536 g/mol. The number of nitrogens with zero attached hydrogens (tertiary/aromatic N) is 1. The molecule has 3 aromatic carbocycles. The zero-order chi connectivity index (χ0) is 26.4. The molecular formula is C28H29N3O4S2. The second kappa shape index (κ2) is 12.0. The maximum Gasteiger partial charge on any atom is 0.257 e. The van der Waals surface area contributed by atoms with E-state index in [9.17, 15) is 4.79 Å². The Bertz CT molecular complexity index is 1390. The first-order valence-electron chi connectivity index (χ1n) is 12.1. The molecule has 0 atom stereocenters. The van der Waals surface area contributed by atoms with E-state index in [2.05, 4.69) is 29.7 Å². The number of carbonyl (C=O) groups is 1. The van der Waals surface area contributed by atoms with Crippen molar-refractivity contribution in [1.29, 1.82) is 0 Å². The maximum atomic E-state index is 13.0. The van der Waals surface area contributed by atoms with Crippen LogP contribution in [-0.2, 0) is 0 Å². The molecule has 1 aromatic heterocycles. The van der Waals surface area contributed by atoms with Gasteiger partial charge in [0.1, 0.15) is 5.01 Å². The third-order valence-corrected chi connectivity index (χ3v) is 6.60. The van der Waals surface area contributed by atoms with Gasteiger partial charge < -0.3 is 19.5 Å². The zero-order valence-electron chi connectivity index (χ0n) is 21.2. The summed E-state index contributed by atoms with van der Waals surface area (Å²) in [7, 11) is 0. The Balaban J connectivity index is 1.45. The number of hydrogen-bond acceptors (Lipinski definition) is 7. The first-order valence-corrected chi connectivity index (χ1v) is 13.3. The lowest BCUT2D eigenvalue weighted by Crippen LogP contribution is -2.34. The largest absolute Gasteiger partial charge is 0.490 e. The monoisotopic (exact) mass is 535 g/mol. The molecule has 192 valence electrons. The van der Waals surface area contributed by atoms with Gasteiger partial charge >= 0.3 is 0 Å². The molecule has 1 amide bonds. The molecular weight excluding hydrogens is 506 g/mol. The molecule has 0 saturated heterocycles. The molecule has 9 heteroatoms. The van der Waals surface area contributed by atoms with Crippen molar-refractivity contribution >= 4 is 50.5 Å². The van der Waals surface area contributed by atoms with Gasteiger partial charge in [-0.25, -0.2) is 4.98 Å². The third-order valence-electron chi connectivity index (χ3n) is 5.33. The Hall–Kier alpha value is -3.69. The fraction of sp³-hybridized carbons (Fsp3) is 0.250. The van der Waals surface area contributed by atoms with E-state index in [-0.39, 0.29) is 11.0 Å². The molecule has 4 aromatic rings. The lowest BCUT2D eigenvalue weighted by molar-refractivity contribution is 0.0976. The van der Waals surface area contributed by atoms with Crippen LogP contribution in [0.1, 0.15) is 36.7 Å². The summed E-state index contributed by atoms with van der Waals surface area (Å²) in [6, 6.07) is 17.3. The first-order chi connectivity index (χ1) is 17.9. The number of aromatic nitrogens is 1. The van der Waals surface area contributed by atoms with Crippen LogP contribution in [-0.4, -0.2) is 35.8 Å². The SMILES string of the molecule is CCOc1cc(C(=O)NC(=S)Nc2ccc(-c3nc4ccc(C)cc4s3)cc2)cc(OCC)c1OCC. The molecule has 7 nitrogen and oxygen atoms in total. The minimum Gasteiger partial charge on any atom is -0.490 e. The van der Waals surface area contributed by atoms with E-state index in [0.717, 1.165) is 26.5 Å². The Morgan fingerprint density at radius 2 is 1.57 bits per heavy atom. The molecule has 37 heavy (non-hydrogen) atoms. The average Bonchev–Trinajstić information content (AvgIpc) is 3.29. The molecule has 0 aliphatic heterocycles. The summed E-state index contributed by atoms with van der Waals surface area (Å²) in [5.41, 5.74) is 4.32. The van der Waals surface area contributed by atoms with Gasteiger partial charge in [0.15, 0.2) is 16.6 Å². The number of carbonyl (C=O) groups excluding carboxylic acids is 1. The van der Waals surface area contributed by atoms with Crippen LogP contribution in [0.25, 0.3) is 20.8 Å². The molecule has 0 aliphatic rings. The molecule has 1 heterocycles. The van der Waals surface area contributed by atoms with Gasteiger partial charge in [-0.3, -0.25) is 10.1 Å². The topological polar surface area (TPSA) is 81.7 Å². The van der Waals surface area contributed by atoms with Crippen molar-refractivity contribution in [1.82, 2.24) is 10.3 Å². The van der Waals surface area contributed by atoms with Crippen LogP contribution >= 0.6 is 23.6 Å². The van der Waals surface area contributed by atoms with Gasteiger partial charge in [0.05, 0.1) is 30.0 Å². The predicted octanol–water partition coefficient (Wildman–Crippen LogP) is 6.59. The van der Waals surface area contributed by atoms with E-state index in [0.29, 0.717) is 42.6 Å². The van der Waals surface area contributed by atoms with Crippen LogP contribution in [0.15, 0.2) is 54.6 Å². The number of fused-ring (bicyclic) bond motifs is 1. The zero-order valence-corrected chi connectivity index (χ0v) is 22.8. The summed E-state index contributed by atoms with van der Waals surface area (Å²) in [5, 5.41) is 6.92. The molecule has 0 radical (unpaired) electrons. The lowest BCUT2D eigenvalue weighted by atomic mass is 10.1. The van der Waals surface area contributed by atoms with Crippen molar-refractivity contribution in [3.8, 4) is 27.8 Å². The van der Waals surface area contributed by atoms with Crippen molar-refractivity contribution in [2.75, 3.05) is 25.1 Å². The Morgan fingerprint density at radius 3 is 2.19 bits per heavy atom. The molecule has 0 fully saturated rings. The van der Waals surface area contributed by atoms with Crippen LogP contribution in [0, 0.1) is 6.92 Å². The highest BCUT2D eigenvalue weighted by Crippen LogP contribution is 2.39. The number of aryl methyl sites for hydroxylation is 1. The number of nitrogens with one attached hydrogen (secondary N) is 2. The maximum absolute atomic E-state index is 13.0. The van der Waals surface area contributed by atoms with Crippen molar-refractivity contribution in [2.45, 2.75) is 27.7 Å². The minimum absolute atomic E-state index is 0.179. The predicted molar refractivity (Wildman–Crippen MR) is 153 cm³/mol. The van der Waals surface area contributed by atoms with E-state index in [1.807, 2.05) is 51.1 Å². The van der Waals surface area contributed by atoms with Gasteiger partial charge in [0.25, 0.3) is 5.91 Å². The number of benzene rings is 3. The van der Waals surface area contributed by atoms with Crippen molar-refractivity contribution < 1.29 is 19.0 Å². The van der Waals surface area contributed by atoms with Gasteiger partial charge in [0, 0.05) is 16.8 Å². The summed E-state index contributed by atoms with van der Waals surface area (Å²) in [4.78, 5) is 17.7. The Morgan fingerprint density at radius 1 is 0.919 bits per heavy atom. The summed E-state index contributed by atoms with van der Waals surface area (Å²) in [6.45, 7) is 8.97. The minimum atomic E-state index is -0.385. The smallest absolute Gasteiger partial charge is 0.257 e. The van der Waals surface area contributed by atoms with E-state index in [4.69, 9.17) is 31.4 Å². The molecule has 4 rings (SSSR count). The Labute approximate surface area is 225 Å². The number of anilines is 1. The molecule has 0 saturated carbocycles. The standard InChI is InChI=1S/C28H29N3O4S2/c1-5-33-22-15-19(16-23(34-6-2)25(22)35-7-3)26(32)31-28(36)29-20-11-9-18(10-12-20)27-30-21-13-8-17(4)14-24(21)37-27/h8-16H,5-7H2,1-4H3,(H2,29,31,32,36). The fourth-order valence-electron chi connectivity index (χ4n) is 3.71. The summed E-state index contributed by atoms with van der Waals surface area (Å²) >= 11 is 7.05. The lowest BCUT2D eigenvalue weighted by Gasteiger charge is -2.17. The number of hydrogen-bond donors (Lipinski definition) is 2. The fourth-order valence-corrected chi connectivity index (χ4v) is 4.99. The van der Waals surface area contributed by atoms with Crippen LogP contribution in [0.3, 0.4) is 0 Å². The van der Waals surface area contributed by atoms with Gasteiger partial charge in [0.2, 0.25) is 5.75 Å². The van der Waals surface area contributed by atoms with Crippen molar-refractivity contribution in [2.24, 2.45) is 0 Å². The quantitative estimate of drug-likeness (QED) is 0.234. The van der Waals surface area contributed by atoms with E-state index < -0.39 is 0 Å². The van der Waals surface area contributed by atoms with Crippen LogP contribution < -0.4 is 24.8 Å². The highest BCUT2D eigenvalue weighted by Gasteiger charge is 2.19. The van der Waals surface area contributed by atoms with Gasteiger partial charge in [-0.15, -0.1) is 11.3 Å². The number of rotatable bonds is 9. The van der Waals surface area contributed by atoms with Crippen molar-refractivity contribution in [3.05, 3.63) is 65.7 Å².